The number of para-hydroxylation sites is 1. The predicted octanol–water partition coefficient (Wildman–Crippen LogP) is 6.67. The zero-order chi connectivity index (χ0) is 19.7. The van der Waals surface area contributed by atoms with E-state index in [4.69, 9.17) is 16.3 Å². The van der Waals surface area contributed by atoms with Gasteiger partial charge in [0.05, 0.1) is 26.0 Å². The lowest BCUT2D eigenvalue weighted by Gasteiger charge is -2.15. The normalized spacial score (nSPS) is 12.1. The van der Waals surface area contributed by atoms with Crippen molar-refractivity contribution in [2.75, 3.05) is 0 Å². The minimum atomic E-state index is -0.514. The van der Waals surface area contributed by atoms with Crippen LogP contribution in [0.2, 0.25) is 4.34 Å². The van der Waals surface area contributed by atoms with E-state index >= 15 is 0 Å². The first-order valence-electron chi connectivity index (χ1n) is 8.63. The smallest absolute Gasteiger partial charge is 0.339 e. The molecule has 6 heteroatoms. The van der Waals surface area contributed by atoms with Gasteiger partial charge in [0.2, 0.25) is 0 Å². The van der Waals surface area contributed by atoms with Crippen LogP contribution in [0, 0.1) is 5.82 Å². The lowest BCUT2D eigenvalue weighted by atomic mass is 10.1. The number of halogens is 2. The molecule has 4 aromatic rings. The molecule has 0 aliphatic rings. The molecule has 140 valence electrons. The summed E-state index contributed by atoms with van der Waals surface area (Å²) < 4.78 is 19.4. The van der Waals surface area contributed by atoms with Gasteiger partial charge in [0.15, 0.2) is 0 Å². The molecule has 0 saturated heterocycles. The molecule has 2 heterocycles. The zero-order valence-electron chi connectivity index (χ0n) is 14.9. The monoisotopic (exact) mass is 411 g/mol. The summed E-state index contributed by atoms with van der Waals surface area (Å²) in [6.07, 6.45) is -0.514. The first-order valence-corrected chi connectivity index (χ1v) is 9.82. The molecule has 0 N–H and O–H groups in total. The summed E-state index contributed by atoms with van der Waals surface area (Å²) in [6.45, 7) is 1.76. The number of pyridine rings is 1. The third-order valence-electron chi connectivity index (χ3n) is 4.38. The largest absolute Gasteiger partial charge is 0.454 e. The number of thiophene rings is 1. The number of rotatable bonds is 4. The zero-order valence-corrected chi connectivity index (χ0v) is 16.4. The summed E-state index contributed by atoms with van der Waals surface area (Å²) in [5.74, 6) is -0.791. The summed E-state index contributed by atoms with van der Waals surface area (Å²) >= 11 is 7.45. The van der Waals surface area contributed by atoms with Crippen molar-refractivity contribution in [1.29, 1.82) is 0 Å². The van der Waals surface area contributed by atoms with Crippen LogP contribution in [0.1, 0.15) is 28.9 Å². The summed E-state index contributed by atoms with van der Waals surface area (Å²) in [5, 5.41) is 0.713. The summed E-state index contributed by atoms with van der Waals surface area (Å²) in [6, 6.07) is 18.7. The Labute approximate surface area is 170 Å². The molecule has 0 aliphatic heterocycles. The second kappa shape index (κ2) is 7.70. The third kappa shape index (κ3) is 3.77. The molecule has 1 atom stereocenters. The van der Waals surface area contributed by atoms with Crippen LogP contribution in [0.5, 0.6) is 0 Å². The van der Waals surface area contributed by atoms with Crippen molar-refractivity contribution in [3.8, 4) is 10.6 Å². The molecule has 3 nitrogen and oxygen atoms in total. The van der Waals surface area contributed by atoms with Crippen molar-refractivity contribution < 1.29 is 13.9 Å². The van der Waals surface area contributed by atoms with Gasteiger partial charge in [0.1, 0.15) is 11.9 Å². The van der Waals surface area contributed by atoms with Crippen LogP contribution < -0.4 is 0 Å². The van der Waals surface area contributed by atoms with Crippen LogP contribution in [0.15, 0.2) is 66.7 Å². The SMILES string of the molecule is C[C@H](OC(=O)c1cc(-c2ccc(Cl)s2)nc2ccccc12)c1ccc(F)cc1. The van der Waals surface area contributed by atoms with Crippen molar-refractivity contribution in [2.45, 2.75) is 13.0 Å². The number of fused-ring (bicyclic) bond motifs is 1. The molecule has 0 bridgehead atoms. The average Bonchev–Trinajstić information content (AvgIpc) is 3.14. The fraction of sp³-hybridized carbons (Fsp3) is 0.0909. The van der Waals surface area contributed by atoms with E-state index in [1.807, 2.05) is 30.3 Å². The number of carbonyl (C=O) groups is 1. The Morgan fingerprint density at radius 2 is 1.86 bits per heavy atom. The van der Waals surface area contributed by atoms with E-state index in [1.165, 1.54) is 23.5 Å². The number of carbonyl (C=O) groups excluding carboxylic acids is 1. The molecule has 0 amide bonds. The second-order valence-corrected chi connectivity index (χ2v) is 7.99. The van der Waals surface area contributed by atoms with E-state index in [9.17, 15) is 9.18 Å². The maximum Gasteiger partial charge on any atom is 0.339 e. The number of hydrogen-bond acceptors (Lipinski definition) is 4. The van der Waals surface area contributed by atoms with E-state index in [0.29, 0.717) is 26.5 Å². The average molecular weight is 412 g/mol. The van der Waals surface area contributed by atoms with Crippen LogP contribution >= 0.6 is 22.9 Å². The fourth-order valence-electron chi connectivity index (χ4n) is 2.95. The van der Waals surface area contributed by atoms with Gasteiger partial charge in [-0.2, -0.15) is 0 Å². The highest BCUT2D eigenvalue weighted by atomic mass is 35.5. The topological polar surface area (TPSA) is 39.2 Å². The van der Waals surface area contributed by atoms with Gasteiger partial charge in [-0.15, -0.1) is 11.3 Å². The number of nitrogens with zero attached hydrogens (tertiary/aromatic N) is 1. The molecular weight excluding hydrogens is 397 g/mol. The van der Waals surface area contributed by atoms with Crippen molar-refractivity contribution in [3.05, 3.63) is 88.0 Å². The van der Waals surface area contributed by atoms with E-state index in [2.05, 4.69) is 4.98 Å². The highest BCUT2D eigenvalue weighted by molar-refractivity contribution is 7.19. The van der Waals surface area contributed by atoms with Crippen LogP contribution in [0.3, 0.4) is 0 Å². The molecule has 0 radical (unpaired) electrons. The standard InChI is InChI=1S/C22H15ClFNO2S/c1-13(14-6-8-15(24)9-7-14)27-22(26)17-12-19(20-10-11-21(23)28-20)25-18-5-3-2-4-16(17)18/h2-13H,1H3/t13-/m0/s1. The Morgan fingerprint density at radius 1 is 1.11 bits per heavy atom. The van der Waals surface area contributed by atoms with Gasteiger partial charge in [0.25, 0.3) is 0 Å². The molecular formula is C22H15ClFNO2S. The predicted molar refractivity (Wildman–Crippen MR) is 110 cm³/mol. The molecule has 0 fully saturated rings. The van der Waals surface area contributed by atoms with Gasteiger partial charge in [-0.05, 0) is 48.9 Å². The van der Waals surface area contributed by atoms with Gasteiger partial charge in [0, 0.05) is 5.39 Å². The van der Waals surface area contributed by atoms with Gasteiger partial charge < -0.3 is 4.74 Å². The van der Waals surface area contributed by atoms with Gasteiger partial charge in [-0.3, -0.25) is 0 Å². The van der Waals surface area contributed by atoms with Crippen LogP contribution in [0.25, 0.3) is 21.5 Å². The number of benzene rings is 2. The molecule has 4 rings (SSSR count). The highest BCUT2D eigenvalue weighted by Crippen LogP contribution is 2.33. The van der Waals surface area contributed by atoms with Gasteiger partial charge in [-0.1, -0.05) is 41.9 Å². The lowest BCUT2D eigenvalue weighted by molar-refractivity contribution is 0.0340. The van der Waals surface area contributed by atoms with Gasteiger partial charge >= 0.3 is 5.97 Å². The molecule has 0 saturated carbocycles. The molecule has 28 heavy (non-hydrogen) atoms. The highest BCUT2D eigenvalue weighted by Gasteiger charge is 2.19. The van der Waals surface area contributed by atoms with Crippen molar-refractivity contribution in [2.24, 2.45) is 0 Å². The van der Waals surface area contributed by atoms with Crippen molar-refractivity contribution >= 4 is 39.8 Å². The molecule has 0 aliphatic carbocycles. The molecule has 2 aromatic heterocycles. The first kappa shape index (κ1) is 18.6. The Balaban J connectivity index is 1.72. The Morgan fingerprint density at radius 3 is 2.57 bits per heavy atom. The minimum Gasteiger partial charge on any atom is -0.454 e. The lowest BCUT2D eigenvalue weighted by Crippen LogP contribution is -2.10. The number of hydrogen-bond donors (Lipinski definition) is 0. The maximum atomic E-state index is 13.1. The Kier molecular flexibility index (Phi) is 5.11. The van der Waals surface area contributed by atoms with E-state index < -0.39 is 12.1 Å². The number of esters is 1. The van der Waals surface area contributed by atoms with E-state index in [1.54, 1.807) is 31.2 Å². The Bertz CT molecular complexity index is 1160. The van der Waals surface area contributed by atoms with E-state index in [0.717, 1.165) is 10.4 Å². The fourth-order valence-corrected chi connectivity index (χ4v) is 3.95. The van der Waals surface area contributed by atoms with Crippen molar-refractivity contribution in [1.82, 2.24) is 4.98 Å². The van der Waals surface area contributed by atoms with Crippen LogP contribution in [0.4, 0.5) is 4.39 Å². The van der Waals surface area contributed by atoms with Crippen molar-refractivity contribution in [3.63, 3.8) is 0 Å². The third-order valence-corrected chi connectivity index (χ3v) is 5.64. The summed E-state index contributed by atoms with van der Waals surface area (Å²) in [5.41, 5.74) is 2.51. The molecule has 0 spiro atoms. The van der Waals surface area contributed by atoms with E-state index in [-0.39, 0.29) is 5.82 Å². The van der Waals surface area contributed by atoms with Crippen LogP contribution in [-0.2, 0) is 4.74 Å². The number of ether oxygens (including phenoxy) is 1. The summed E-state index contributed by atoms with van der Waals surface area (Å²) in [4.78, 5) is 18.5. The first-order chi connectivity index (χ1) is 13.5. The molecule has 0 unspecified atom stereocenters. The quantitative estimate of drug-likeness (QED) is 0.352. The minimum absolute atomic E-state index is 0.332. The number of aromatic nitrogens is 1. The maximum absolute atomic E-state index is 13.1. The summed E-state index contributed by atoms with van der Waals surface area (Å²) in [7, 11) is 0. The van der Waals surface area contributed by atoms with Crippen LogP contribution in [-0.4, -0.2) is 11.0 Å². The Hall–Kier alpha value is -2.76. The molecule has 2 aromatic carbocycles. The van der Waals surface area contributed by atoms with Gasteiger partial charge in [-0.25, -0.2) is 14.2 Å². The second-order valence-electron chi connectivity index (χ2n) is 6.28.